The first-order valence-electron chi connectivity index (χ1n) is 11.1. The number of pyridine rings is 1. The highest BCUT2D eigenvalue weighted by molar-refractivity contribution is 6.30. The van der Waals surface area contributed by atoms with Crippen molar-refractivity contribution in [2.45, 2.75) is 31.7 Å². The number of nitrogens with one attached hydrogen (secondary N) is 1. The maximum atomic E-state index is 15.0. The summed E-state index contributed by atoms with van der Waals surface area (Å²) in [5, 5.41) is 3.36. The fraction of sp³-hybridized carbons (Fsp3) is 0.269. The third-order valence-electron chi connectivity index (χ3n) is 6.29. The molecule has 2 heterocycles. The summed E-state index contributed by atoms with van der Waals surface area (Å²) in [5.41, 5.74) is 8.82. The van der Waals surface area contributed by atoms with Crippen molar-refractivity contribution in [3.8, 4) is 11.1 Å². The number of carbonyl (C=O) groups is 2. The summed E-state index contributed by atoms with van der Waals surface area (Å²) in [4.78, 5) is 30.8. The average Bonchev–Trinajstić information content (AvgIpc) is 2.81. The van der Waals surface area contributed by atoms with Gasteiger partial charge in [-0.25, -0.2) is 9.37 Å². The second-order valence-corrected chi connectivity index (χ2v) is 9.09. The van der Waals surface area contributed by atoms with Crippen molar-refractivity contribution in [3.05, 3.63) is 82.3 Å². The zero-order chi connectivity index (χ0) is 24.4. The molecule has 1 aromatic heterocycles. The Morgan fingerprint density at radius 2 is 2.06 bits per heavy atom. The number of benzene rings is 2. The second kappa shape index (κ2) is 9.81. The minimum Gasteiger partial charge on any atom is -0.383 e. The number of nitrogen functional groups attached to an aromatic ring is 1. The Morgan fingerprint density at radius 3 is 2.76 bits per heavy atom. The van der Waals surface area contributed by atoms with Gasteiger partial charge >= 0.3 is 0 Å². The first-order chi connectivity index (χ1) is 16.2. The molecule has 4 rings (SSSR count). The Hall–Kier alpha value is -3.45. The normalized spacial score (nSPS) is 16.9. The van der Waals surface area contributed by atoms with Gasteiger partial charge in [-0.15, -0.1) is 0 Å². The summed E-state index contributed by atoms with van der Waals surface area (Å²) in [5.74, 6) is -0.801. The molecule has 1 fully saturated rings. The molecule has 0 saturated carbocycles. The van der Waals surface area contributed by atoms with Gasteiger partial charge in [-0.1, -0.05) is 29.8 Å². The molecular weight excluding hydrogens is 455 g/mol. The lowest BCUT2D eigenvalue weighted by atomic mass is 9.88. The molecule has 6 nitrogen and oxygen atoms in total. The minimum absolute atomic E-state index is 0.0402. The number of amides is 2. The minimum atomic E-state index is -0.660. The van der Waals surface area contributed by atoms with Crippen LogP contribution in [0.2, 0.25) is 5.02 Å². The summed E-state index contributed by atoms with van der Waals surface area (Å²) >= 11 is 6.02. The highest BCUT2D eigenvalue weighted by Crippen LogP contribution is 2.33. The van der Waals surface area contributed by atoms with Crippen LogP contribution in [0.5, 0.6) is 0 Å². The number of hydrogen-bond donors (Lipinski definition) is 2. The number of nitrogens with two attached hydrogens (primary N) is 1. The number of anilines is 1. The monoisotopic (exact) mass is 480 g/mol. The average molecular weight is 481 g/mol. The Bertz CT molecular complexity index is 1250. The van der Waals surface area contributed by atoms with Crippen LogP contribution in [0.1, 0.15) is 53.2 Å². The number of piperidine rings is 1. The third-order valence-corrected chi connectivity index (χ3v) is 6.53. The molecule has 0 aliphatic carbocycles. The number of likely N-dealkylation sites (tertiary alicyclic amines) is 1. The molecular formula is C26H26ClFN4O2. The van der Waals surface area contributed by atoms with Gasteiger partial charge in [-0.2, -0.15) is 0 Å². The molecule has 34 heavy (non-hydrogen) atoms. The van der Waals surface area contributed by atoms with Crippen molar-refractivity contribution in [2.75, 3.05) is 19.3 Å². The lowest BCUT2D eigenvalue weighted by molar-refractivity contribution is -0.132. The van der Waals surface area contributed by atoms with E-state index in [0.29, 0.717) is 29.1 Å². The van der Waals surface area contributed by atoms with Gasteiger partial charge < -0.3 is 16.0 Å². The maximum absolute atomic E-state index is 15.0. The van der Waals surface area contributed by atoms with E-state index >= 15 is 0 Å². The first kappa shape index (κ1) is 23.7. The van der Waals surface area contributed by atoms with Gasteiger partial charge in [0.25, 0.3) is 5.91 Å². The Morgan fingerprint density at radius 1 is 1.26 bits per heavy atom. The molecule has 2 atom stereocenters. The van der Waals surface area contributed by atoms with E-state index in [-0.39, 0.29) is 29.2 Å². The molecule has 8 heteroatoms. The molecule has 1 aliphatic rings. The van der Waals surface area contributed by atoms with Gasteiger partial charge in [0.1, 0.15) is 11.6 Å². The van der Waals surface area contributed by atoms with Crippen LogP contribution in [0.25, 0.3) is 11.1 Å². The van der Waals surface area contributed by atoms with Crippen molar-refractivity contribution >= 4 is 29.2 Å². The third kappa shape index (κ3) is 5.04. The molecule has 3 aromatic rings. The van der Waals surface area contributed by atoms with E-state index < -0.39 is 11.7 Å². The van der Waals surface area contributed by atoms with E-state index in [1.54, 1.807) is 42.4 Å². The highest BCUT2D eigenvalue weighted by Gasteiger charge is 2.25. The largest absolute Gasteiger partial charge is 0.383 e. The molecule has 0 radical (unpaired) electrons. The van der Waals surface area contributed by atoms with E-state index in [1.807, 2.05) is 19.1 Å². The molecule has 1 aliphatic heterocycles. The van der Waals surface area contributed by atoms with E-state index in [1.165, 1.54) is 12.1 Å². The summed E-state index contributed by atoms with van der Waals surface area (Å²) in [7, 11) is 1.79. The van der Waals surface area contributed by atoms with Crippen LogP contribution in [-0.2, 0) is 4.79 Å². The topological polar surface area (TPSA) is 88.3 Å². The number of rotatable bonds is 5. The van der Waals surface area contributed by atoms with Crippen molar-refractivity contribution in [2.24, 2.45) is 0 Å². The fourth-order valence-corrected chi connectivity index (χ4v) is 4.37. The number of carbonyl (C=O) groups excluding carboxylic acids is 2. The van der Waals surface area contributed by atoms with Gasteiger partial charge in [0, 0.05) is 36.8 Å². The standard InChI is InChI=1S/C26H26ClFN4O2/c1-15(16-4-3-5-20(27)10-16)31-26(34)21-7-6-18(12-23(21)28)22-11-19(14-30-25(22)29)17-8-9-32(2)24(33)13-17/h3-7,10-12,14-15,17H,8-9,13H2,1-2H3,(H2,29,30)(H,31,34)/t15?,17-/m0/s1. The van der Waals surface area contributed by atoms with Gasteiger partial charge in [-0.05, 0) is 66.3 Å². The Labute approximate surface area is 202 Å². The molecule has 0 bridgehead atoms. The zero-order valence-corrected chi connectivity index (χ0v) is 19.8. The van der Waals surface area contributed by atoms with Crippen molar-refractivity contribution < 1.29 is 14.0 Å². The van der Waals surface area contributed by atoms with Crippen LogP contribution < -0.4 is 11.1 Å². The van der Waals surface area contributed by atoms with Crippen LogP contribution in [0.4, 0.5) is 10.2 Å². The van der Waals surface area contributed by atoms with Crippen LogP contribution in [0.3, 0.4) is 0 Å². The number of nitrogens with zero attached hydrogens (tertiary/aromatic N) is 2. The predicted molar refractivity (Wildman–Crippen MR) is 131 cm³/mol. The smallest absolute Gasteiger partial charge is 0.254 e. The number of halogens is 2. The van der Waals surface area contributed by atoms with E-state index in [4.69, 9.17) is 17.3 Å². The summed E-state index contributed by atoms with van der Waals surface area (Å²) in [6.07, 6.45) is 2.91. The number of aromatic nitrogens is 1. The molecule has 0 spiro atoms. The van der Waals surface area contributed by atoms with E-state index in [0.717, 1.165) is 17.5 Å². The van der Waals surface area contributed by atoms with Crippen LogP contribution in [0.15, 0.2) is 54.7 Å². The Balaban J connectivity index is 1.55. The fourth-order valence-electron chi connectivity index (χ4n) is 4.17. The highest BCUT2D eigenvalue weighted by atomic mass is 35.5. The summed E-state index contributed by atoms with van der Waals surface area (Å²) < 4.78 is 15.0. The maximum Gasteiger partial charge on any atom is 0.254 e. The lowest BCUT2D eigenvalue weighted by Crippen LogP contribution is -2.34. The molecule has 1 unspecified atom stereocenters. The van der Waals surface area contributed by atoms with Gasteiger partial charge in [-0.3, -0.25) is 9.59 Å². The molecule has 2 amide bonds. The predicted octanol–water partition coefficient (Wildman–Crippen LogP) is 4.95. The molecule has 2 aromatic carbocycles. The molecule has 176 valence electrons. The SMILES string of the molecule is CC(NC(=O)c1ccc(-c2cc([C@H]3CCN(C)C(=O)C3)cnc2N)cc1F)c1cccc(Cl)c1. The van der Waals surface area contributed by atoms with Crippen LogP contribution >= 0.6 is 11.6 Å². The molecule has 1 saturated heterocycles. The van der Waals surface area contributed by atoms with Gasteiger partial charge in [0.2, 0.25) is 5.91 Å². The van der Waals surface area contributed by atoms with Crippen molar-refractivity contribution in [3.63, 3.8) is 0 Å². The van der Waals surface area contributed by atoms with E-state index in [9.17, 15) is 14.0 Å². The van der Waals surface area contributed by atoms with Crippen LogP contribution in [0, 0.1) is 5.82 Å². The van der Waals surface area contributed by atoms with E-state index in [2.05, 4.69) is 10.3 Å². The number of hydrogen-bond acceptors (Lipinski definition) is 4. The Kier molecular flexibility index (Phi) is 6.84. The lowest BCUT2D eigenvalue weighted by Gasteiger charge is -2.29. The summed E-state index contributed by atoms with van der Waals surface area (Å²) in [6, 6.07) is 13.0. The van der Waals surface area contributed by atoms with Crippen LogP contribution in [-0.4, -0.2) is 35.3 Å². The van der Waals surface area contributed by atoms with Gasteiger partial charge in [0.05, 0.1) is 11.6 Å². The molecule has 3 N–H and O–H groups in total. The van der Waals surface area contributed by atoms with Gasteiger partial charge in [0.15, 0.2) is 0 Å². The second-order valence-electron chi connectivity index (χ2n) is 8.65. The quantitative estimate of drug-likeness (QED) is 0.540. The zero-order valence-electron chi connectivity index (χ0n) is 19.0. The van der Waals surface area contributed by atoms with Crippen molar-refractivity contribution in [1.82, 2.24) is 15.2 Å². The summed E-state index contributed by atoms with van der Waals surface area (Å²) in [6.45, 7) is 2.48. The van der Waals surface area contributed by atoms with Crippen molar-refractivity contribution in [1.29, 1.82) is 0 Å². The first-order valence-corrected chi connectivity index (χ1v) is 11.5.